The summed E-state index contributed by atoms with van der Waals surface area (Å²) in [4.78, 5) is 27.9. The van der Waals surface area contributed by atoms with Crippen LogP contribution in [-0.2, 0) is 14.8 Å². The van der Waals surface area contributed by atoms with Crippen molar-refractivity contribution in [1.82, 2.24) is 19.6 Å². The zero-order valence-electron chi connectivity index (χ0n) is 21.1. The van der Waals surface area contributed by atoms with Gasteiger partial charge in [-0.15, -0.1) is 0 Å². The number of likely N-dealkylation sites (tertiary alicyclic amines) is 1. The lowest BCUT2D eigenvalue weighted by atomic mass is 9.91. The van der Waals surface area contributed by atoms with Crippen LogP contribution in [0.25, 0.3) is 0 Å². The smallest absolute Gasteiger partial charge is 0.317 e. The van der Waals surface area contributed by atoms with Gasteiger partial charge in [0.25, 0.3) is 0 Å². The normalized spacial score (nSPS) is 22.9. The van der Waals surface area contributed by atoms with Crippen LogP contribution >= 0.6 is 0 Å². The summed E-state index contributed by atoms with van der Waals surface area (Å²) in [5.41, 5.74) is 0.816. The van der Waals surface area contributed by atoms with Crippen LogP contribution in [0.3, 0.4) is 0 Å². The number of piperazine rings is 1. The Hall–Kier alpha value is -2.44. The van der Waals surface area contributed by atoms with Gasteiger partial charge in [0.05, 0.1) is 5.75 Å². The zero-order chi connectivity index (χ0) is 26.4. The molecule has 1 N–H and O–H groups in total. The van der Waals surface area contributed by atoms with Crippen molar-refractivity contribution in [3.8, 4) is 0 Å². The molecule has 0 aromatic heterocycles. The van der Waals surface area contributed by atoms with E-state index in [1.54, 1.807) is 17.0 Å². The Morgan fingerprint density at radius 3 is 2.38 bits per heavy atom. The molecule has 2 unspecified atom stereocenters. The molecule has 2 saturated heterocycles. The summed E-state index contributed by atoms with van der Waals surface area (Å²) in [6.07, 6.45) is 6.62. The molecule has 12 heteroatoms. The quantitative estimate of drug-likeness (QED) is 0.401. The first-order chi connectivity index (χ1) is 17.8. The van der Waals surface area contributed by atoms with Crippen LogP contribution < -0.4 is 10.2 Å². The Bertz CT molecular complexity index is 1010. The van der Waals surface area contributed by atoms with Crippen molar-refractivity contribution >= 4 is 28.2 Å². The first kappa shape index (κ1) is 27.6. The Balaban J connectivity index is 1.37. The van der Waals surface area contributed by atoms with Crippen molar-refractivity contribution in [1.29, 1.82) is 0 Å². The number of hydroxylamine groups is 2. The van der Waals surface area contributed by atoms with Gasteiger partial charge in [-0.2, -0.15) is 4.31 Å². The molecule has 206 valence electrons. The van der Waals surface area contributed by atoms with Gasteiger partial charge >= 0.3 is 6.03 Å². The molecule has 3 aliphatic rings. The minimum Gasteiger partial charge on any atom is -0.756 e. The van der Waals surface area contributed by atoms with Gasteiger partial charge in [-0.05, 0) is 55.9 Å². The first-order valence-electron chi connectivity index (χ1n) is 13.2. The maximum Gasteiger partial charge on any atom is 0.317 e. The van der Waals surface area contributed by atoms with Crippen LogP contribution in [0, 0.1) is 16.9 Å². The van der Waals surface area contributed by atoms with E-state index in [-0.39, 0.29) is 49.0 Å². The van der Waals surface area contributed by atoms with E-state index in [0.717, 1.165) is 31.4 Å². The summed E-state index contributed by atoms with van der Waals surface area (Å²) in [5, 5.41) is 15.8. The van der Waals surface area contributed by atoms with Crippen LogP contribution in [0.4, 0.5) is 14.9 Å². The molecule has 0 bridgehead atoms. The molecule has 0 radical (unpaired) electrons. The summed E-state index contributed by atoms with van der Waals surface area (Å²) >= 11 is 0. The fourth-order valence-electron chi connectivity index (χ4n) is 5.71. The molecular formula is C25H37FN5O5S-. The first-order valence-corrected chi connectivity index (χ1v) is 14.8. The summed E-state index contributed by atoms with van der Waals surface area (Å²) in [6.45, 7) is 2.11. The fraction of sp³-hybridized carbons (Fsp3) is 0.680. The Kier molecular flexibility index (Phi) is 9.25. The Morgan fingerprint density at radius 1 is 1.05 bits per heavy atom. The number of hydrogen-bond acceptors (Lipinski definition) is 6. The summed E-state index contributed by atoms with van der Waals surface area (Å²) in [5.74, 6) is -1.24. The van der Waals surface area contributed by atoms with Gasteiger partial charge in [0, 0.05) is 57.0 Å². The van der Waals surface area contributed by atoms with Crippen LogP contribution in [-0.4, -0.2) is 92.2 Å². The van der Waals surface area contributed by atoms with Crippen molar-refractivity contribution in [2.75, 3.05) is 49.9 Å². The maximum absolute atomic E-state index is 13.3. The molecule has 0 spiro atoms. The third-order valence-electron chi connectivity index (χ3n) is 7.86. The Morgan fingerprint density at radius 2 is 1.73 bits per heavy atom. The van der Waals surface area contributed by atoms with Gasteiger partial charge in [-0.25, -0.2) is 17.6 Å². The molecule has 10 nitrogen and oxygen atoms in total. The average molecular weight is 539 g/mol. The number of urea groups is 1. The van der Waals surface area contributed by atoms with Gasteiger partial charge in [0.1, 0.15) is 5.82 Å². The molecule has 37 heavy (non-hydrogen) atoms. The van der Waals surface area contributed by atoms with Gasteiger partial charge in [-0.3, -0.25) is 4.79 Å². The SMILES string of the molecule is O=CN([O-])C(CS(=O)(=O)N1CCN(c2ccc(F)cc2)CC1)C1CCCN(C(=O)NC2CCCCC2)C1. The van der Waals surface area contributed by atoms with E-state index in [0.29, 0.717) is 32.5 Å². The number of halogens is 1. The number of nitrogens with zero attached hydrogens (tertiary/aromatic N) is 4. The number of piperidine rings is 1. The van der Waals surface area contributed by atoms with E-state index in [4.69, 9.17) is 0 Å². The minimum atomic E-state index is -3.83. The highest BCUT2D eigenvalue weighted by molar-refractivity contribution is 7.89. The third kappa shape index (κ3) is 7.11. The predicted molar refractivity (Wildman–Crippen MR) is 139 cm³/mol. The maximum atomic E-state index is 13.3. The van der Waals surface area contributed by atoms with Crippen LogP contribution in [0.15, 0.2) is 24.3 Å². The number of rotatable bonds is 8. The third-order valence-corrected chi connectivity index (χ3v) is 9.77. The average Bonchev–Trinajstić information content (AvgIpc) is 2.92. The van der Waals surface area contributed by atoms with E-state index in [1.807, 2.05) is 4.90 Å². The molecule has 1 saturated carbocycles. The lowest BCUT2D eigenvalue weighted by Gasteiger charge is -2.44. The van der Waals surface area contributed by atoms with Crippen molar-refractivity contribution in [3.05, 3.63) is 35.3 Å². The molecule has 2 aliphatic heterocycles. The molecule has 2 atom stereocenters. The van der Waals surface area contributed by atoms with Crippen molar-refractivity contribution in [3.63, 3.8) is 0 Å². The fourth-order valence-corrected chi connectivity index (χ4v) is 7.50. The van der Waals surface area contributed by atoms with E-state index in [1.165, 1.54) is 22.9 Å². The number of amides is 3. The molecular weight excluding hydrogens is 501 g/mol. The number of sulfonamides is 1. The lowest BCUT2D eigenvalue weighted by Crippen LogP contribution is -2.55. The molecule has 1 aromatic carbocycles. The van der Waals surface area contributed by atoms with Gasteiger partial charge < -0.3 is 25.4 Å². The molecule has 1 aromatic rings. The summed E-state index contributed by atoms with van der Waals surface area (Å²) in [7, 11) is -3.83. The number of nitrogens with one attached hydrogen (secondary N) is 1. The second-order valence-corrected chi connectivity index (χ2v) is 12.3. The van der Waals surface area contributed by atoms with E-state index >= 15 is 0 Å². The van der Waals surface area contributed by atoms with E-state index in [2.05, 4.69) is 5.32 Å². The molecule has 2 heterocycles. The number of carbonyl (C=O) groups is 2. The molecule has 3 amide bonds. The van der Waals surface area contributed by atoms with Crippen molar-refractivity contribution < 1.29 is 22.4 Å². The Labute approximate surface area is 218 Å². The number of anilines is 1. The topological polar surface area (TPSA) is 116 Å². The highest BCUT2D eigenvalue weighted by Gasteiger charge is 2.36. The largest absolute Gasteiger partial charge is 0.756 e. The monoisotopic (exact) mass is 538 g/mol. The highest BCUT2D eigenvalue weighted by Crippen LogP contribution is 2.26. The standard InChI is InChI=1S/C25H37FN5O5S/c26-21-8-10-23(11-9-21)28-13-15-30(16-14-28)37(35,36)18-24(31(34)19-32)20-5-4-12-29(17-20)25(33)27-22-6-2-1-3-7-22/h8-11,19-20,22,24H,1-7,12-18H2,(H,27,33)/q-1. The lowest BCUT2D eigenvalue weighted by molar-refractivity contribution is -0.118. The van der Waals surface area contributed by atoms with Crippen molar-refractivity contribution in [2.24, 2.45) is 5.92 Å². The minimum absolute atomic E-state index is 0.133. The predicted octanol–water partition coefficient (Wildman–Crippen LogP) is 2.36. The van der Waals surface area contributed by atoms with Gasteiger partial charge in [0.2, 0.25) is 10.0 Å². The van der Waals surface area contributed by atoms with Crippen LogP contribution in [0.1, 0.15) is 44.9 Å². The second kappa shape index (κ2) is 12.4. The zero-order valence-corrected chi connectivity index (χ0v) is 22.0. The van der Waals surface area contributed by atoms with Gasteiger partial charge in [0.15, 0.2) is 6.41 Å². The van der Waals surface area contributed by atoms with E-state index < -0.39 is 27.7 Å². The van der Waals surface area contributed by atoms with Crippen LogP contribution in [0.5, 0.6) is 0 Å². The molecule has 4 rings (SSSR count). The number of carbonyl (C=O) groups excluding carboxylic acids is 2. The summed E-state index contributed by atoms with van der Waals surface area (Å²) < 4.78 is 41.2. The molecule has 1 aliphatic carbocycles. The number of hydrogen-bond donors (Lipinski definition) is 1. The number of benzene rings is 1. The van der Waals surface area contributed by atoms with Gasteiger partial charge in [-0.1, -0.05) is 19.3 Å². The van der Waals surface area contributed by atoms with Crippen LogP contribution in [0.2, 0.25) is 0 Å². The van der Waals surface area contributed by atoms with E-state index in [9.17, 15) is 27.6 Å². The summed E-state index contributed by atoms with van der Waals surface area (Å²) in [6, 6.07) is 4.96. The second-order valence-electron chi connectivity index (χ2n) is 10.3. The molecule has 3 fully saturated rings. The highest BCUT2D eigenvalue weighted by atomic mass is 32.2. The van der Waals surface area contributed by atoms with Crippen molar-refractivity contribution in [2.45, 2.75) is 57.0 Å².